The van der Waals surface area contributed by atoms with Crippen molar-refractivity contribution in [3.05, 3.63) is 35.4 Å². The molecule has 1 aromatic rings. The fourth-order valence-corrected chi connectivity index (χ4v) is 2.96. The summed E-state index contributed by atoms with van der Waals surface area (Å²) in [6.07, 6.45) is 7.36. The smallest absolute Gasteiger partial charge is 0.191 e. The second-order valence-corrected chi connectivity index (χ2v) is 5.48. The van der Waals surface area contributed by atoms with Gasteiger partial charge in [-0.15, -0.1) is 0 Å². The molecule has 1 fully saturated rings. The summed E-state index contributed by atoms with van der Waals surface area (Å²) in [4.78, 5) is 15.6. The van der Waals surface area contributed by atoms with Crippen LogP contribution in [0.25, 0.3) is 6.08 Å². The molecule has 2 aliphatic rings. The first-order chi connectivity index (χ1) is 8.83. The number of ether oxygens (including phenoxy) is 1. The molecule has 0 saturated carbocycles. The molecule has 0 spiro atoms. The lowest BCUT2D eigenvalue weighted by Crippen LogP contribution is -2.03. The predicted octanol–water partition coefficient (Wildman–Crippen LogP) is 2.89. The van der Waals surface area contributed by atoms with Crippen molar-refractivity contribution in [3.63, 3.8) is 0 Å². The Kier molecular flexibility index (Phi) is 3.19. The third-order valence-electron chi connectivity index (χ3n) is 2.94. The standard InChI is InChI=1S/C14H13NO2S/c16-13-7-6-12(18-13)15-9-11-4-1-3-10-5-2-8-17-14(10)11/h1-5,9,12H,6-8H2. The minimum absolute atomic E-state index is 0.0764. The maximum Gasteiger partial charge on any atom is 0.191 e. The van der Waals surface area contributed by atoms with Crippen molar-refractivity contribution < 1.29 is 9.53 Å². The first-order valence-electron chi connectivity index (χ1n) is 5.98. The molecular weight excluding hydrogens is 246 g/mol. The van der Waals surface area contributed by atoms with Crippen molar-refractivity contribution in [2.75, 3.05) is 6.61 Å². The highest BCUT2D eigenvalue weighted by atomic mass is 32.2. The Hall–Kier alpha value is -1.55. The van der Waals surface area contributed by atoms with Crippen LogP contribution in [0.5, 0.6) is 5.75 Å². The molecular formula is C14H13NO2S. The predicted molar refractivity (Wildman–Crippen MR) is 74.2 cm³/mol. The Morgan fingerprint density at radius 1 is 1.44 bits per heavy atom. The molecule has 0 bridgehead atoms. The van der Waals surface area contributed by atoms with Crippen molar-refractivity contribution >= 4 is 29.2 Å². The fourth-order valence-electron chi connectivity index (χ4n) is 2.06. The van der Waals surface area contributed by atoms with Crippen LogP contribution in [0, 0.1) is 0 Å². The number of aliphatic imine (C=N–C) groups is 1. The molecule has 1 atom stereocenters. The van der Waals surface area contributed by atoms with Crippen LogP contribution in [-0.4, -0.2) is 23.3 Å². The van der Waals surface area contributed by atoms with Crippen molar-refractivity contribution in [3.8, 4) is 5.75 Å². The van der Waals surface area contributed by atoms with Crippen LogP contribution < -0.4 is 4.74 Å². The molecule has 0 N–H and O–H groups in total. The van der Waals surface area contributed by atoms with E-state index in [1.807, 2.05) is 30.5 Å². The highest BCUT2D eigenvalue weighted by Crippen LogP contribution is 2.30. The summed E-state index contributed by atoms with van der Waals surface area (Å²) < 4.78 is 5.64. The van der Waals surface area contributed by atoms with Gasteiger partial charge in [0.2, 0.25) is 0 Å². The molecule has 0 radical (unpaired) electrons. The lowest BCUT2D eigenvalue weighted by molar-refractivity contribution is -0.110. The minimum Gasteiger partial charge on any atom is -0.488 e. The van der Waals surface area contributed by atoms with E-state index in [0.29, 0.717) is 13.0 Å². The number of benzene rings is 1. The summed E-state index contributed by atoms with van der Waals surface area (Å²) in [6, 6.07) is 6.01. The van der Waals surface area contributed by atoms with Gasteiger partial charge in [-0.1, -0.05) is 30.0 Å². The van der Waals surface area contributed by atoms with E-state index in [1.54, 1.807) is 0 Å². The van der Waals surface area contributed by atoms with E-state index in [1.165, 1.54) is 11.8 Å². The third-order valence-corrected chi connectivity index (χ3v) is 4.04. The fraction of sp³-hybridized carbons (Fsp3) is 0.286. The number of thioether (sulfide) groups is 1. The van der Waals surface area contributed by atoms with Crippen LogP contribution in [0.2, 0.25) is 0 Å². The number of rotatable bonds is 2. The van der Waals surface area contributed by atoms with E-state index in [-0.39, 0.29) is 10.5 Å². The highest BCUT2D eigenvalue weighted by molar-refractivity contribution is 8.14. The molecule has 3 rings (SSSR count). The number of hydrogen-bond donors (Lipinski definition) is 0. The van der Waals surface area contributed by atoms with Crippen LogP contribution in [0.1, 0.15) is 24.0 Å². The number of carbonyl (C=O) groups excluding carboxylic acids is 1. The van der Waals surface area contributed by atoms with E-state index >= 15 is 0 Å². The quantitative estimate of drug-likeness (QED) is 0.767. The van der Waals surface area contributed by atoms with Crippen LogP contribution in [0.15, 0.2) is 29.3 Å². The van der Waals surface area contributed by atoms with Crippen molar-refractivity contribution in [2.45, 2.75) is 18.2 Å². The van der Waals surface area contributed by atoms with Crippen LogP contribution in [0.4, 0.5) is 0 Å². The van der Waals surface area contributed by atoms with Gasteiger partial charge in [-0.25, -0.2) is 0 Å². The van der Waals surface area contributed by atoms with E-state index in [9.17, 15) is 4.79 Å². The van der Waals surface area contributed by atoms with Crippen molar-refractivity contribution in [1.29, 1.82) is 0 Å². The van der Waals surface area contributed by atoms with Gasteiger partial charge in [0, 0.05) is 23.8 Å². The van der Waals surface area contributed by atoms with Crippen LogP contribution in [0.3, 0.4) is 0 Å². The van der Waals surface area contributed by atoms with Crippen molar-refractivity contribution in [2.24, 2.45) is 4.99 Å². The van der Waals surface area contributed by atoms with Gasteiger partial charge in [0.15, 0.2) is 5.12 Å². The molecule has 0 amide bonds. The van der Waals surface area contributed by atoms with Gasteiger partial charge in [0.25, 0.3) is 0 Å². The lowest BCUT2D eigenvalue weighted by Gasteiger charge is -2.14. The number of fused-ring (bicyclic) bond motifs is 1. The van der Waals surface area contributed by atoms with Gasteiger partial charge in [-0.2, -0.15) is 0 Å². The van der Waals surface area contributed by atoms with E-state index in [2.05, 4.69) is 11.1 Å². The average molecular weight is 259 g/mol. The maximum absolute atomic E-state index is 11.2. The Labute approximate surface area is 110 Å². The van der Waals surface area contributed by atoms with Gasteiger partial charge >= 0.3 is 0 Å². The third kappa shape index (κ3) is 2.34. The molecule has 2 aliphatic heterocycles. The van der Waals surface area contributed by atoms with E-state index < -0.39 is 0 Å². The van der Waals surface area contributed by atoms with Gasteiger partial charge in [-0.05, 0) is 18.6 Å². The SMILES string of the molecule is O=C1CCC(N=Cc2cccc3c2OCC=C3)S1. The first kappa shape index (κ1) is 11.5. The average Bonchev–Trinajstić information content (AvgIpc) is 2.82. The summed E-state index contributed by atoms with van der Waals surface area (Å²) >= 11 is 1.33. The normalized spacial score (nSPS) is 22.2. The molecule has 3 nitrogen and oxygen atoms in total. The second-order valence-electron chi connectivity index (χ2n) is 4.24. The Bertz CT molecular complexity index is 537. The summed E-state index contributed by atoms with van der Waals surface area (Å²) in [5.41, 5.74) is 2.07. The summed E-state index contributed by atoms with van der Waals surface area (Å²) in [7, 11) is 0. The number of nitrogens with zero attached hydrogens (tertiary/aromatic N) is 1. The van der Waals surface area contributed by atoms with Gasteiger partial charge in [0.1, 0.15) is 17.7 Å². The van der Waals surface area contributed by atoms with E-state index in [0.717, 1.165) is 23.3 Å². The Morgan fingerprint density at radius 2 is 2.39 bits per heavy atom. The zero-order chi connectivity index (χ0) is 12.4. The monoisotopic (exact) mass is 259 g/mol. The number of carbonyl (C=O) groups is 1. The highest BCUT2D eigenvalue weighted by Gasteiger charge is 2.21. The topological polar surface area (TPSA) is 38.7 Å². The molecule has 1 aromatic carbocycles. The largest absolute Gasteiger partial charge is 0.488 e. The van der Waals surface area contributed by atoms with Gasteiger partial charge in [-0.3, -0.25) is 9.79 Å². The maximum atomic E-state index is 11.2. The zero-order valence-corrected chi connectivity index (χ0v) is 10.7. The molecule has 2 heterocycles. The minimum atomic E-state index is 0.0764. The molecule has 0 aromatic heterocycles. The molecule has 18 heavy (non-hydrogen) atoms. The van der Waals surface area contributed by atoms with Crippen LogP contribution >= 0.6 is 11.8 Å². The molecule has 1 saturated heterocycles. The summed E-state index contributed by atoms with van der Waals surface area (Å²) in [5.74, 6) is 0.887. The van der Waals surface area contributed by atoms with Gasteiger partial charge in [0.05, 0.1) is 0 Å². The second kappa shape index (κ2) is 4.98. The summed E-state index contributed by atoms with van der Waals surface area (Å²) in [6.45, 7) is 0.606. The van der Waals surface area contributed by atoms with Gasteiger partial charge < -0.3 is 4.74 Å². The Morgan fingerprint density at radius 3 is 3.22 bits per heavy atom. The van der Waals surface area contributed by atoms with Crippen molar-refractivity contribution in [1.82, 2.24) is 0 Å². The van der Waals surface area contributed by atoms with Crippen LogP contribution in [-0.2, 0) is 4.79 Å². The lowest BCUT2D eigenvalue weighted by atomic mass is 10.1. The number of hydrogen-bond acceptors (Lipinski definition) is 4. The Balaban J connectivity index is 1.82. The summed E-state index contributed by atoms with van der Waals surface area (Å²) in [5, 5.41) is 0.318. The molecule has 4 heteroatoms. The molecule has 92 valence electrons. The zero-order valence-electron chi connectivity index (χ0n) is 9.83. The number of para-hydroxylation sites is 1. The molecule has 1 unspecified atom stereocenters. The van der Waals surface area contributed by atoms with E-state index in [4.69, 9.17) is 4.74 Å². The molecule has 0 aliphatic carbocycles. The first-order valence-corrected chi connectivity index (χ1v) is 6.86.